The average Bonchev–Trinajstić information content (AvgIpc) is 2.72. The van der Waals surface area contributed by atoms with Crippen LogP contribution in [0.1, 0.15) is 16.1 Å². The van der Waals surface area contributed by atoms with Gasteiger partial charge < -0.3 is 4.90 Å². The smallest absolute Gasteiger partial charge is 0.310 e. The SMILES string of the molecule is CN(C(=O)c1ncc(Cl)cc1NS(=O)(=O)c1ccc(Cl)c(C(F)(F)F)c1)c1ccc(F)cc1. The Balaban J connectivity index is 2.00. The molecule has 13 heteroatoms. The second-order valence-electron chi connectivity index (χ2n) is 6.64. The topological polar surface area (TPSA) is 79.4 Å². The zero-order chi connectivity index (χ0) is 24.6. The fraction of sp³-hybridized carbons (Fsp3) is 0.100. The van der Waals surface area contributed by atoms with Crippen LogP contribution >= 0.6 is 23.2 Å². The number of halogens is 6. The van der Waals surface area contributed by atoms with E-state index in [2.05, 4.69) is 4.98 Å². The third kappa shape index (κ3) is 5.55. The average molecular weight is 522 g/mol. The molecule has 0 aliphatic heterocycles. The van der Waals surface area contributed by atoms with Crippen molar-refractivity contribution < 1.29 is 30.8 Å². The third-order valence-electron chi connectivity index (χ3n) is 4.37. The van der Waals surface area contributed by atoms with E-state index in [0.717, 1.165) is 41.4 Å². The maximum atomic E-state index is 13.2. The number of nitrogens with one attached hydrogen (secondary N) is 1. The van der Waals surface area contributed by atoms with E-state index in [-0.39, 0.29) is 22.1 Å². The fourth-order valence-electron chi connectivity index (χ4n) is 2.72. The lowest BCUT2D eigenvalue weighted by molar-refractivity contribution is -0.137. The van der Waals surface area contributed by atoms with Crippen molar-refractivity contribution in [2.45, 2.75) is 11.1 Å². The molecule has 0 bridgehead atoms. The summed E-state index contributed by atoms with van der Waals surface area (Å²) < 4.78 is 80.2. The quantitative estimate of drug-likeness (QED) is 0.441. The summed E-state index contributed by atoms with van der Waals surface area (Å²) in [6.45, 7) is 0. The van der Waals surface area contributed by atoms with Crippen molar-refractivity contribution in [3.05, 3.63) is 81.8 Å². The predicted molar refractivity (Wildman–Crippen MR) is 116 cm³/mol. The van der Waals surface area contributed by atoms with E-state index in [0.29, 0.717) is 6.07 Å². The first kappa shape index (κ1) is 24.7. The Morgan fingerprint density at radius 2 is 1.70 bits per heavy atom. The molecule has 0 saturated heterocycles. The summed E-state index contributed by atoms with van der Waals surface area (Å²) in [6, 6.07) is 8.01. The van der Waals surface area contributed by atoms with Crippen LogP contribution in [-0.4, -0.2) is 26.4 Å². The predicted octanol–water partition coefficient (Wildman–Crippen LogP) is 5.62. The van der Waals surface area contributed by atoms with Crippen LogP contribution in [0.5, 0.6) is 0 Å². The van der Waals surface area contributed by atoms with Gasteiger partial charge >= 0.3 is 6.18 Å². The zero-order valence-electron chi connectivity index (χ0n) is 16.5. The van der Waals surface area contributed by atoms with E-state index in [1.165, 1.54) is 19.2 Å². The van der Waals surface area contributed by atoms with E-state index in [4.69, 9.17) is 23.2 Å². The third-order valence-corrected chi connectivity index (χ3v) is 6.27. The van der Waals surface area contributed by atoms with Gasteiger partial charge in [-0.15, -0.1) is 0 Å². The van der Waals surface area contributed by atoms with E-state index < -0.39 is 43.4 Å². The summed E-state index contributed by atoms with van der Waals surface area (Å²) >= 11 is 11.4. The minimum Gasteiger partial charge on any atom is -0.310 e. The Bertz CT molecular complexity index is 1320. The van der Waals surface area contributed by atoms with Crippen LogP contribution in [-0.2, 0) is 16.2 Å². The van der Waals surface area contributed by atoms with Crippen LogP contribution in [0.2, 0.25) is 10.0 Å². The first-order chi connectivity index (χ1) is 15.3. The first-order valence-electron chi connectivity index (χ1n) is 8.88. The van der Waals surface area contributed by atoms with Crippen LogP contribution in [0, 0.1) is 5.82 Å². The Labute approximate surface area is 195 Å². The molecule has 1 aromatic heterocycles. The number of carbonyl (C=O) groups is 1. The number of alkyl halides is 3. The van der Waals surface area contributed by atoms with Gasteiger partial charge in [0.15, 0.2) is 5.69 Å². The number of aromatic nitrogens is 1. The summed E-state index contributed by atoms with van der Waals surface area (Å²) in [7, 11) is -3.26. The van der Waals surface area contributed by atoms with Gasteiger partial charge in [-0.1, -0.05) is 23.2 Å². The number of sulfonamides is 1. The summed E-state index contributed by atoms with van der Waals surface area (Å²) in [5.41, 5.74) is -1.83. The molecule has 6 nitrogen and oxygen atoms in total. The Kier molecular flexibility index (Phi) is 6.87. The van der Waals surface area contributed by atoms with Crippen LogP contribution in [0.4, 0.5) is 28.9 Å². The molecule has 1 heterocycles. The Morgan fingerprint density at radius 3 is 2.30 bits per heavy atom. The molecule has 2 aromatic carbocycles. The molecule has 0 radical (unpaired) electrons. The number of benzene rings is 2. The molecule has 0 unspecified atom stereocenters. The van der Waals surface area contributed by atoms with Crippen LogP contribution in [0.15, 0.2) is 59.6 Å². The number of anilines is 2. The van der Waals surface area contributed by atoms with Crippen LogP contribution in [0.3, 0.4) is 0 Å². The lowest BCUT2D eigenvalue weighted by Crippen LogP contribution is -2.28. The van der Waals surface area contributed by atoms with Gasteiger partial charge in [-0.25, -0.2) is 17.8 Å². The largest absolute Gasteiger partial charge is 0.417 e. The molecule has 0 fully saturated rings. The Morgan fingerprint density at radius 1 is 1.06 bits per heavy atom. The van der Waals surface area contributed by atoms with Gasteiger partial charge in [-0.05, 0) is 48.5 Å². The number of hydrogen-bond donors (Lipinski definition) is 1. The van der Waals surface area contributed by atoms with Gasteiger partial charge in [-0.2, -0.15) is 13.2 Å². The summed E-state index contributed by atoms with van der Waals surface area (Å²) in [6.07, 6.45) is -3.80. The number of carbonyl (C=O) groups excluding carboxylic acids is 1. The summed E-state index contributed by atoms with van der Waals surface area (Å²) in [5.74, 6) is -1.32. The second-order valence-corrected chi connectivity index (χ2v) is 9.16. The van der Waals surface area contributed by atoms with Gasteiger partial charge in [0.25, 0.3) is 15.9 Å². The first-order valence-corrected chi connectivity index (χ1v) is 11.1. The molecule has 1 amide bonds. The lowest BCUT2D eigenvalue weighted by Gasteiger charge is -2.19. The number of amides is 1. The molecule has 0 aliphatic rings. The van der Waals surface area contributed by atoms with Crippen LogP contribution < -0.4 is 9.62 Å². The molecule has 3 rings (SSSR count). The highest BCUT2D eigenvalue weighted by atomic mass is 35.5. The molecule has 174 valence electrons. The van der Waals surface area contributed by atoms with E-state index in [1.807, 2.05) is 4.72 Å². The van der Waals surface area contributed by atoms with Crippen molar-refractivity contribution in [3.63, 3.8) is 0 Å². The molecule has 0 spiro atoms. The monoisotopic (exact) mass is 521 g/mol. The molecule has 0 aliphatic carbocycles. The van der Waals surface area contributed by atoms with Crippen LogP contribution in [0.25, 0.3) is 0 Å². The van der Waals surface area contributed by atoms with Crippen molar-refractivity contribution >= 4 is 50.5 Å². The zero-order valence-corrected chi connectivity index (χ0v) is 18.8. The minimum atomic E-state index is -4.89. The highest BCUT2D eigenvalue weighted by Gasteiger charge is 2.35. The second kappa shape index (κ2) is 9.16. The molecule has 1 N–H and O–H groups in total. The summed E-state index contributed by atoms with van der Waals surface area (Å²) in [4.78, 5) is 17.1. The number of pyridine rings is 1. The standard InChI is InChI=1S/C20H13Cl2F4N3O3S/c1-29(13-4-2-12(23)3-5-13)19(30)18-17(8-11(21)10-27-18)28-33(31,32)14-6-7-16(22)15(9-14)20(24,25)26/h2-10,28H,1H3. The molecule has 0 atom stereocenters. The molecule has 3 aromatic rings. The van der Waals surface area contributed by atoms with Gasteiger partial charge in [0.05, 0.1) is 26.2 Å². The van der Waals surface area contributed by atoms with Gasteiger partial charge in [0, 0.05) is 18.9 Å². The van der Waals surface area contributed by atoms with Gasteiger partial charge in [0.1, 0.15) is 5.82 Å². The van der Waals surface area contributed by atoms with Crippen molar-refractivity contribution in [2.24, 2.45) is 0 Å². The maximum Gasteiger partial charge on any atom is 0.417 e. The van der Waals surface area contributed by atoms with Crippen molar-refractivity contribution in [2.75, 3.05) is 16.7 Å². The maximum absolute atomic E-state index is 13.2. The van der Waals surface area contributed by atoms with E-state index in [9.17, 15) is 30.8 Å². The molecular weight excluding hydrogens is 509 g/mol. The molecule has 33 heavy (non-hydrogen) atoms. The van der Waals surface area contributed by atoms with Crippen molar-refractivity contribution in [1.29, 1.82) is 0 Å². The lowest BCUT2D eigenvalue weighted by atomic mass is 10.2. The normalized spacial score (nSPS) is 11.8. The highest BCUT2D eigenvalue weighted by molar-refractivity contribution is 7.92. The number of hydrogen-bond acceptors (Lipinski definition) is 4. The Hall–Kier alpha value is -2.89. The number of nitrogens with zero attached hydrogens (tertiary/aromatic N) is 2. The molecule has 0 saturated carbocycles. The highest BCUT2D eigenvalue weighted by Crippen LogP contribution is 2.36. The van der Waals surface area contributed by atoms with Crippen molar-refractivity contribution in [1.82, 2.24) is 4.98 Å². The van der Waals surface area contributed by atoms with Crippen molar-refractivity contribution in [3.8, 4) is 0 Å². The van der Waals surface area contributed by atoms with Gasteiger partial charge in [0.2, 0.25) is 0 Å². The number of rotatable bonds is 5. The summed E-state index contributed by atoms with van der Waals surface area (Å²) in [5, 5.41) is -0.719. The minimum absolute atomic E-state index is 0.0410. The van der Waals surface area contributed by atoms with E-state index >= 15 is 0 Å². The molecular formula is C20H13Cl2F4N3O3S. The van der Waals surface area contributed by atoms with E-state index in [1.54, 1.807) is 0 Å². The fourth-order valence-corrected chi connectivity index (χ4v) is 4.19. The van der Waals surface area contributed by atoms with Gasteiger partial charge in [-0.3, -0.25) is 9.52 Å².